The van der Waals surface area contributed by atoms with Crippen LogP contribution in [0.3, 0.4) is 0 Å². The molecular weight excluding hydrogens is 138 g/mol. The first-order valence-corrected chi connectivity index (χ1v) is 3.05. The van der Waals surface area contributed by atoms with Crippen molar-refractivity contribution in [2.45, 2.75) is 26.2 Å². The van der Waals surface area contributed by atoms with Gasteiger partial charge in [-0.1, -0.05) is 19.1 Å². The molecule has 0 atom stereocenters. The van der Waals surface area contributed by atoms with Crippen LogP contribution in [0.5, 0.6) is 0 Å². The molecule has 0 fully saturated rings. The summed E-state index contributed by atoms with van der Waals surface area (Å²) in [6.07, 6.45) is -2.45. The van der Waals surface area contributed by atoms with Crippen LogP contribution in [0.4, 0.5) is 8.78 Å². The highest BCUT2D eigenvalue weighted by Gasteiger charge is 2.14. The molecule has 0 N–H and O–H groups in total. The number of ketones is 1. The van der Waals surface area contributed by atoms with Crippen LogP contribution in [0.15, 0.2) is 12.2 Å². The Labute approximate surface area is 58.7 Å². The monoisotopic (exact) mass is 148 g/mol. The van der Waals surface area contributed by atoms with Crippen molar-refractivity contribution in [1.29, 1.82) is 0 Å². The van der Waals surface area contributed by atoms with Crippen molar-refractivity contribution in [3.8, 4) is 0 Å². The smallest absolute Gasteiger partial charge is 0.293 e. The summed E-state index contributed by atoms with van der Waals surface area (Å²) in [5, 5.41) is 0. The van der Waals surface area contributed by atoms with Crippen molar-refractivity contribution in [3.05, 3.63) is 12.2 Å². The average Bonchev–Trinajstić information content (AvgIpc) is 1.87. The van der Waals surface area contributed by atoms with Crippen LogP contribution in [-0.2, 0) is 4.79 Å². The molecule has 0 saturated heterocycles. The van der Waals surface area contributed by atoms with E-state index >= 15 is 0 Å². The molecule has 0 amide bonds. The maximum Gasteiger partial charge on any atom is 0.296 e. The second kappa shape index (κ2) is 4.14. The van der Waals surface area contributed by atoms with E-state index in [0.29, 0.717) is 12.0 Å². The first kappa shape index (κ1) is 9.27. The maximum absolute atomic E-state index is 11.5. The first-order valence-electron chi connectivity index (χ1n) is 3.05. The molecular formula is C7H10F2O. The highest BCUT2D eigenvalue weighted by molar-refractivity contribution is 5.83. The maximum atomic E-state index is 11.5. The van der Waals surface area contributed by atoms with E-state index in [1.165, 1.54) is 0 Å². The minimum atomic E-state index is -2.84. The van der Waals surface area contributed by atoms with Crippen LogP contribution in [0, 0.1) is 0 Å². The third-order valence-corrected chi connectivity index (χ3v) is 1.17. The SMILES string of the molecule is C=C(CC)CC(=O)C(F)F. The van der Waals surface area contributed by atoms with Gasteiger partial charge in [0.15, 0.2) is 0 Å². The number of rotatable bonds is 4. The van der Waals surface area contributed by atoms with Gasteiger partial charge in [0.25, 0.3) is 6.43 Å². The molecule has 0 saturated carbocycles. The number of halogens is 2. The zero-order valence-electron chi connectivity index (χ0n) is 5.86. The Bertz CT molecular complexity index is 141. The minimum Gasteiger partial charge on any atom is -0.293 e. The highest BCUT2D eigenvalue weighted by Crippen LogP contribution is 2.07. The Balaban J connectivity index is 3.69. The van der Waals surface area contributed by atoms with Crippen LogP contribution in [-0.4, -0.2) is 12.2 Å². The number of Topliss-reactive ketones (excluding diaryl/α,β-unsaturated/α-hetero) is 1. The molecule has 0 aromatic carbocycles. The third kappa shape index (κ3) is 3.33. The number of carbonyl (C=O) groups is 1. The summed E-state index contributed by atoms with van der Waals surface area (Å²) in [5.41, 5.74) is 0.560. The normalized spacial score (nSPS) is 10.0. The summed E-state index contributed by atoms with van der Waals surface area (Å²) in [5.74, 6) is -1.04. The molecule has 0 radical (unpaired) electrons. The standard InChI is InChI=1S/C7H10F2O/c1-3-5(2)4-6(10)7(8)9/h7H,2-4H2,1H3. The lowest BCUT2D eigenvalue weighted by atomic mass is 10.1. The van der Waals surface area contributed by atoms with E-state index in [1.54, 1.807) is 6.92 Å². The average molecular weight is 148 g/mol. The summed E-state index contributed by atoms with van der Waals surface area (Å²) in [6.45, 7) is 5.22. The molecule has 0 aromatic heterocycles. The van der Waals surface area contributed by atoms with Crippen molar-refractivity contribution in [2.75, 3.05) is 0 Å². The zero-order chi connectivity index (χ0) is 8.15. The predicted octanol–water partition coefficient (Wildman–Crippen LogP) is 2.18. The molecule has 0 unspecified atom stereocenters. The molecule has 0 aliphatic rings. The van der Waals surface area contributed by atoms with Crippen molar-refractivity contribution >= 4 is 5.78 Å². The van der Waals surface area contributed by atoms with Gasteiger partial charge in [-0.15, -0.1) is 0 Å². The fourth-order valence-corrected chi connectivity index (χ4v) is 0.449. The van der Waals surface area contributed by atoms with E-state index in [1.807, 2.05) is 0 Å². The van der Waals surface area contributed by atoms with E-state index in [4.69, 9.17) is 0 Å². The molecule has 0 aliphatic heterocycles. The van der Waals surface area contributed by atoms with Gasteiger partial charge in [-0.3, -0.25) is 4.79 Å². The topological polar surface area (TPSA) is 17.1 Å². The molecule has 0 aliphatic carbocycles. The summed E-state index contributed by atoms with van der Waals surface area (Å²) >= 11 is 0. The molecule has 58 valence electrons. The summed E-state index contributed by atoms with van der Waals surface area (Å²) in [6, 6.07) is 0. The summed E-state index contributed by atoms with van der Waals surface area (Å²) in [4.78, 5) is 10.3. The van der Waals surface area contributed by atoms with Gasteiger partial charge in [-0.05, 0) is 6.42 Å². The first-order chi connectivity index (χ1) is 4.57. The van der Waals surface area contributed by atoms with Gasteiger partial charge in [0.1, 0.15) is 0 Å². The Morgan fingerprint density at radius 2 is 2.10 bits per heavy atom. The minimum absolute atomic E-state index is 0.186. The van der Waals surface area contributed by atoms with Crippen LogP contribution >= 0.6 is 0 Å². The largest absolute Gasteiger partial charge is 0.296 e. The van der Waals surface area contributed by atoms with Gasteiger partial charge >= 0.3 is 0 Å². The zero-order valence-corrected chi connectivity index (χ0v) is 5.86. The lowest BCUT2D eigenvalue weighted by molar-refractivity contribution is -0.128. The van der Waals surface area contributed by atoms with Crippen molar-refractivity contribution < 1.29 is 13.6 Å². The van der Waals surface area contributed by atoms with E-state index in [9.17, 15) is 13.6 Å². The van der Waals surface area contributed by atoms with Gasteiger partial charge in [-0.25, -0.2) is 8.78 Å². The van der Waals surface area contributed by atoms with Crippen LogP contribution in [0.1, 0.15) is 19.8 Å². The van der Waals surface area contributed by atoms with Gasteiger partial charge in [-0.2, -0.15) is 0 Å². The van der Waals surface area contributed by atoms with E-state index in [-0.39, 0.29) is 6.42 Å². The molecule has 0 heterocycles. The third-order valence-electron chi connectivity index (χ3n) is 1.17. The van der Waals surface area contributed by atoms with Crippen LogP contribution in [0.25, 0.3) is 0 Å². The fraction of sp³-hybridized carbons (Fsp3) is 0.571. The Morgan fingerprint density at radius 1 is 1.60 bits per heavy atom. The lowest BCUT2D eigenvalue weighted by Crippen LogP contribution is -2.09. The van der Waals surface area contributed by atoms with Gasteiger partial charge in [0, 0.05) is 6.42 Å². The number of allylic oxidation sites excluding steroid dienone is 1. The molecule has 0 spiro atoms. The Morgan fingerprint density at radius 3 is 2.40 bits per heavy atom. The fourth-order valence-electron chi connectivity index (χ4n) is 0.449. The number of carbonyl (C=O) groups excluding carboxylic acids is 1. The Hall–Kier alpha value is -0.730. The molecule has 10 heavy (non-hydrogen) atoms. The second-order valence-corrected chi connectivity index (χ2v) is 2.05. The number of hydrogen-bond donors (Lipinski definition) is 0. The van der Waals surface area contributed by atoms with Crippen LogP contribution in [0.2, 0.25) is 0 Å². The van der Waals surface area contributed by atoms with Gasteiger partial charge < -0.3 is 0 Å². The second-order valence-electron chi connectivity index (χ2n) is 2.05. The van der Waals surface area contributed by atoms with E-state index in [2.05, 4.69) is 6.58 Å². The lowest BCUT2D eigenvalue weighted by Gasteiger charge is -1.98. The van der Waals surface area contributed by atoms with Crippen LogP contribution < -0.4 is 0 Å². The van der Waals surface area contributed by atoms with Crippen molar-refractivity contribution in [3.63, 3.8) is 0 Å². The van der Waals surface area contributed by atoms with Crippen molar-refractivity contribution in [2.24, 2.45) is 0 Å². The molecule has 0 bridgehead atoms. The van der Waals surface area contributed by atoms with E-state index in [0.717, 1.165) is 0 Å². The predicted molar refractivity (Wildman–Crippen MR) is 35.1 cm³/mol. The molecule has 3 heteroatoms. The quantitative estimate of drug-likeness (QED) is 0.558. The number of hydrogen-bond acceptors (Lipinski definition) is 1. The molecule has 1 nitrogen and oxygen atoms in total. The number of alkyl halides is 2. The van der Waals surface area contributed by atoms with Gasteiger partial charge in [0.05, 0.1) is 0 Å². The molecule has 0 rings (SSSR count). The van der Waals surface area contributed by atoms with E-state index < -0.39 is 12.2 Å². The molecule has 0 aromatic rings. The highest BCUT2D eigenvalue weighted by atomic mass is 19.3. The Kier molecular flexibility index (Phi) is 3.84. The van der Waals surface area contributed by atoms with Gasteiger partial charge in [0.2, 0.25) is 5.78 Å². The summed E-state index contributed by atoms with van der Waals surface area (Å²) in [7, 11) is 0. The summed E-state index contributed by atoms with van der Waals surface area (Å²) < 4.78 is 23.1. The van der Waals surface area contributed by atoms with Crippen molar-refractivity contribution in [1.82, 2.24) is 0 Å².